The number of rotatable bonds is 7. The van der Waals surface area contributed by atoms with E-state index in [1.165, 1.54) is 10.4 Å². The van der Waals surface area contributed by atoms with Crippen LogP contribution in [0.1, 0.15) is 24.5 Å². The maximum absolute atomic E-state index is 12.9. The molecule has 0 aromatic heterocycles. The molecule has 2 N–H and O–H groups in total. The molecule has 4 nitrogen and oxygen atoms in total. The molecule has 21 heavy (non-hydrogen) atoms. The fourth-order valence-electron chi connectivity index (χ4n) is 2.21. The van der Waals surface area contributed by atoms with Crippen LogP contribution in [-0.4, -0.2) is 37.8 Å². The zero-order valence-electron chi connectivity index (χ0n) is 12.9. The highest BCUT2D eigenvalue weighted by Gasteiger charge is 2.29. The van der Waals surface area contributed by atoms with Crippen LogP contribution in [0.5, 0.6) is 0 Å². The van der Waals surface area contributed by atoms with Crippen LogP contribution in [-0.2, 0) is 16.6 Å². The van der Waals surface area contributed by atoms with Gasteiger partial charge in [0.15, 0.2) is 0 Å². The van der Waals surface area contributed by atoms with E-state index in [1.807, 2.05) is 13.2 Å². The lowest BCUT2D eigenvalue weighted by molar-refractivity contribution is 0.385. The molecule has 0 aliphatic heterocycles. The Bertz CT molecular complexity index is 591. The number of sulfonamides is 1. The maximum Gasteiger partial charge on any atom is 0.243 e. The van der Waals surface area contributed by atoms with Gasteiger partial charge in [-0.3, -0.25) is 0 Å². The van der Waals surface area contributed by atoms with Crippen molar-refractivity contribution in [2.45, 2.75) is 37.8 Å². The summed E-state index contributed by atoms with van der Waals surface area (Å²) >= 11 is 7.68. The van der Waals surface area contributed by atoms with Gasteiger partial charge in [-0.1, -0.05) is 18.5 Å². The highest BCUT2D eigenvalue weighted by Crippen LogP contribution is 2.28. The minimum absolute atomic E-state index is 0.0373. The van der Waals surface area contributed by atoms with Crippen LogP contribution in [0.25, 0.3) is 0 Å². The van der Waals surface area contributed by atoms with Crippen LogP contribution in [0.15, 0.2) is 17.0 Å². The Morgan fingerprint density at radius 3 is 2.52 bits per heavy atom. The van der Waals surface area contributed by atoms with Crippen molar-refractivity contribution in [2.75, 3.05) is 19.1 Å². The third-order valence-corrected chi connectivity index (χ3v) is 6.63. The van der Waals surface area contributed by atoms with E-state index in [0.717, 1.165) is 17.7 Å². The van der Waals surface area contributed by atoms with Crippen molar-refractivity contribution >= 4 is 33.4 Å². The summed E-state index contributed by atoms with van der Waals surface area (Å²) < 4.78 is 27.2. The first kappa shape index (κ1) is 18.8. The lowest BCUT2D eigenvalue weighted by atomic mass is 10.1. The number of nitrogens with zero attached hydrogens (tertiary/aromatic N) is 1. The summed E-state index contributed by atoms with van der Waals surface area (Å²) in [5.74, 6) is 0.760. The molecule has 0 fully saturated rings. The van der Waals surface area contributed by atoms with E-state index in [1.54, 1.807) is 31.8 Å². The van der Waals surface area contributed by atoms with Gasteiger partial charge in [-0.15, -0.1) is 0 Å². The van der Waals surface area contributed by atoms with Crippen LogP contribution in [0.2, 0.25) is 5.02 Å². The molecule has 1 aromatic rings. The van der Waals surface area contributed by atoms with Crippen LogP contribution >= 0.6 is 23.4 Å². The molecule has 0 saturated heterocycles. The summed E-state index contributed by atoms with van der Waals surface area (Å²) in [6, 6.07) is 3.19. The summed E-state index contributed by atoms with van der Waals surface area (Å²) in [7, 11) is -1.95. The van der Waals surface area contributed by atoms with Crippen LogP contribution in [0.4, 0.5) is 0 Å². The van der Waals surface area contributed by atoms with Crippen molar-refractivity contribution in [3.05, 3.63) is 28.3 Å². The summed E-state index contributed by atoms with van der Waals surface area (Å²) in [4.78, 5) is 0.248. The first-order chi connectivity index (χ1) is 9.79. The van der Waals surface area contributed by atoms with E-state index in [0.29, 0.717) is 10.6 Å². The zero-order chi connectivity index (χ0) is 16.2. The Labute approximate surface area is 137 Å². The average molecular weight is 351 g/mol. The SMILES string of the molecule is CCC(CSC)N(C)S(=O)(=O)c1cc(Cl)cc(CN)c1C. The molecular formula is C14H23ClN2O2S2. The van der Waals surface area contributed by atoms with Crippen LogP contribution in [0.3, 0.4) is 0 Å². The maximum atomic E-state index is 12.9. The number of hydrogen-bond acceptors (Lipinski definition) is 4. The van der Waals surface area contributed by atoms with Crippen LogP contribution < -0.4 is 5.73 Å². The average Bonchev–Trinajstić information content (AvgIpc) is 2.45. The van der Waals surface area contributed by atoms with Crippen molar-refractivity contribution < 1.29 is 8.42 Å². The van der Waals surface area contributed by atoms with Crippen LogP contribution in [0, 0.1) is 6.92 Å². The Balaban J connectivity index is 3.33. The second-order valence-electron chi connectivity index (χ2n) is 4.93. The third-order valence-electron chi connectivity index (χ3n) is 3.65. The van der Waals surface area contributed by atoms with Gasteiger partial charge in [-0.25, -0.2) is 8.42 Å². The van der Waals surface area contributed by atoms with Crippen molar-refractivity contribution in [1.29, 1.82) is 0 Å². The van der Waals surface area contributed by atoms with Crippen molar-refractivity contribution in [2.24, 2.45) is 5.73 Å². The van der Waals surface area contributed by atoms with E-state index in [-0.39, 0.29) is 17.5 Å². The van der Waals surface area contributed by atoms with Crippen molar-refractivity contribution in [1.82, 2.24) is 4.31 Å². The second-order valence-corrected chi connectivity index (χ2v) is 8.24. The predicted molar refractivity (Wildman–Crippen MR) is 91.5 cm³/mol. The minimum atomic E-state index is -3.58. The van der Waals surface area contributed by atoms with E-state index in [4.69, 9.17) is 17.3 Å². The highest BCUT2D eigenvalue weighted by atomic mass is 35.5. The minimum Gasteiger partial charge on any atom is -0.326 e. The molecule has 0 aliphatic rings. The van der Waals surface area contributed by atoms with E-state index < -0.39 is 10.0 Å². The molecular weight excluding hydrogens is 328 g/mol. The number of thioether (sulfide) groups is 1. The molecule has 0 bridgehead atoms. The molecule has 120 valence electrons. The smallest absolute Gasteiger partial charge is 0.243 e. The largest absolute Gasteiger partial charge is 0.326 e. The Morgan fingerprint density at radius 1 is 1.43 bits per heavy atom. The first-order valence-corrected chi connectivity index (χ1v) is 9.96. The quantitative estimate of drug-likeness (QED) is 0.821. The lowest BCUT2D eigenvalue weighted by Crippen LogP contribution is -2.38. The van der Waals surface area contributed by atoms with Gasteiger partial charge in [-0.05, 0) is 42.9 Å². The van der Waals surface area contributed by atoms with E-state index >= 15 is 0 Å². The fraction of sp³-hybridized carbons (Fsp3) is 0.571. The van der Waals surface area contributed by atoms with Gasteiger partial charge in [0, 0.05) is 30.4 Å². The topological polar surface area (TPSA) is 63.4 Å². The van der Waals surface area contributed by atoms with Gasteiger partial charge in [0.2, 0.25) is 10.0 Å². The molecule has 0 aliphatic carbocycles. The lowest BCUT2D eigenvalue weighted by Gasteiger charge is -2.27. The summed E-state index contributed by atoms with van der Waals surface area (Å²) in [6.07, 6.45) is 2.74. The van der Waals surface area contributed by atoms with E-state index in [9.17, 15) is 8.42 Å². The standard InChI is InChI=1S/C14H23ClN2O2S2/c1-5-13(9-20-4)17(3)21(18,19)14-7-12(15)6-11(8-16)10(14)2/h6-7,13H,5,8-9,16H2,1-4H3. The summed E-state index contributed by atoms with van der Waals surface area (Å²) in [6.45, 7) is 4.03. The molecule has 1 atom stereocenters. The predicted octanol–water partition coefficient (Wildman–Crippen LogP) is 2.87. The third kappa shape index (κ3) is 4.13. The Morgan fingerprint density at radius 2 is 2.05 bits per heavy atom. The monoisotopic (exact) mass is 350 g/mol. The number of hydrogen-bond donors (Lipinski definition) is 1. The zero-order valence-corrected chi connectivity index (χ0v) is 15.3. The van der Waals surface area contributed by atoms with Gasteiger partial charge >= 0.3 is 0 Å². The molecule has 0 radical (unpaired) electrons. The van der Waals surface area contributed by atoms with Crippen molar-refractivity contribution in [3.63, 3.8) is 0 Å². The first-order valence-electron chi connectivity index (χ1n) is 6.75. The molecule has 1 unspecified atom stereocenters. The molecule has 1 aromatic carbocycles. The molecule has 0 heterocycles. The van der Waals surface area contributed by atoms with Gasteiger partial charge in [0.25, 0.3) is 0 Å². The molecule has 0 amide bonds. The summed E-state index contributed by atoms with van der Waals surface area (Å²) in [5.41, 5.74) is 7.10. The Kier molecular flexibility index (Phi) is 7.00. The Hall–Kier alpha value is -0.270. The normalized spacial score (nSPS) is 13.7. The summed E-state index contributed by atoms with van der Waals surface area (Å²) in [5, 5.41) is 0.394. The number of benzene rings is 1. The molecule has 1 rings (SSSR count). The molecule has 7 heteroatoms. The number of nitrogens with two attached hydrogens (primary N) is 1. The molecule has 0 spiro atoms. The fourth-order valence-corrected chi connectivity index (χ4v) is 5.18. The van der Waals surface area contributed by atoms with Gasteiger partial charge in [0.05, 0.1) is 4.90 Å². The van der Waals surface area contributed by atoms with Gasteiger partial charge in [-0.2, -0.15) is 16.1 Å². The van der Waals surface area contributed by atoms with Gasteiger partial charge < -0.3 is 5.73 Å². The van der Waals surface area contributed by atoms with Crippen molar-refractivity contribution in [3.8, 4) is 0 Å². The van der Waals surface area contributed by atoms with Gasteiger partial charge in [0.1, 0.15) is 0 Å². The second kappa shape index (κ2) is 7.83. The number of halogens is 1. The van der Waals surface area contributed by atoms with E-state index in [2.05, 4.69) is 0 Å². The molecule has 0 saturated carbocycles. The highest BCUT2D eigenvalue weighted by molar-refractivity contribution is 7.98.